The second-order valence-electron chi connectivity index (χ2n) is 2.84. The summed E-state index contributed by atoms with van der Waals surface area (Å²) in [5.41, 5.74) is 0. The van der Waals surface area contributed by atoms with Crippen LogP contribution in [-0.4, -0.2) is 39.8 Å². The van der Waals surface area contributed by atoms with E-state index in [0.717, 1.165) is 0 Å². The molecule has 0 aliphatic rings. The van der Waals surface area contributed by atoms with E-state index in [4.69, 9.17) is 16.3 Å². The van der Waals surface area contributed by atoms with Crippen molar-refractivity contribution in [2.75, 3.05) is 25.3 Å². The number of hydrogen-bond acceptors (Lipinski definition) is 3. The number of methoxy groups -OCH3 is 1. The molecule has 0 fully saturated rings. The number of hydrogen-bond donors (Lipinski definition) is 1. The number of rotatable bonds is 7. The minimum Gasteiger partial charge on any atom is -0.385 e. The summed E-state index contributed by atoms with van der Waals surface area (Å²) in [5, 5.41) is 0. The van der Waals surface area contributed by atoms with E-state index in [1.165, 1.54) is 0 Å². The Balaban J connectivity index is 3.81. The smallest absolute Gasteiger partial charge is 0.211 e. The maximum Gasteiger partial charge on any atom is 0.211 e. The van der Waals surface area contributed by atoms with Crippen LogP contribution in [0.3, 0.4) is 0 Å². The monoisotopic (exact) mass is 229 g/mol. The molecule has 0 radical (unpaired) electrons. The van der Waals surface area contributed by atoms with Gasteiger partial charge in [-0.1, -0.05) is 0 Å². The molecule has 0 aliphatic carbocycles. The van der Waals surface area contributed by atoms with Crippen LogP contribution in [0.2, 0.25) is 0 Å². The first kappa shape index (κ1) is 13.2. The van der Waals surface area contributed by atoms with Gasteiger partial charge in [-0.15, -0.1) is 11.6 Å². The molecule has 1 atom stereocenters. The fourth-order valence-corrected chi connectivity index (χ4v) is 2.27. The van der Waals surface area contributed by atoms with Crippen molar-refractivity contribution < 1.29 is 13.2 Å². The quantitative estimate of drug-likeness (QED) is 0.513. The third-order valence-corrected chi connectivity index (χ3v) is 3.42. The Morgan fingerprint density at radius 3 is 2.62 bits per heavy atom. The predicted octanol–water partition coefficient (Wildman–Crippen LogP) is 0.570. The lowest BCUT2D eigenvalue weighted by Gasteiger charge is -2.10. The first-order chi connectivity index (χ1) is 6.02. The molecule has 0 bridgehead atoms. The summed E-state index contributed by atoms with van der Waals surface area (Å²) in [7, 11) is -1.64. The Kier molecular flexibility index (Phi) is 6.67. The summed E-state index contributed by atoms with van der Waals surface area (Å²) in [6, 6.07) is -0.214. The van der Waals surface area contributed by atoms with Gasteiger partial charge in [-0.05, 0) is 13.3 Å². The molecule has 0 aromatic carbocycles. The molecule has 0 aromatic heterocycles. The SMILES string of the molecule is COCCCS(=O)(=O)NC(C)CCl. The zero-order valence-electron chi connectivity index (χ0n) is 7.92. The highest BCUT2D eigenvalue weighted by Gasteiger charge is 2.12. The third kappa shape index (κ3) is 7.25. The van der Waals surface area contributed by atoms with E-state index in [9.17, 15) is 8.42 Å². The van der Waals surface area contributed by atoms with E-state index < -0.39 is 10.0 Å². The minimum absolute atomic E-state index is 0.0854. The van der Waals surface area contributed by atoms with Crippen LogP contribution in [0.25, 0.3) is 0 Å². The molecule has 1 unspecified atom stereocenters. The molecule has 80 valence electrons. The molecule has 0 spiro atoms. The molecular formula is C7H16ClNO3S. The normalized spacial score (nSPS) is 14.4. The molecule has 0 saturated carbocycles. The van der Waals surface area contributed by atoms with Crippen molar-refractivity contribution in [2.45, 2.75) is 19.4 Å². The average Bonchev–Trinajstić information content (AvgIpc) is 2.03. The summed E-state index contributed by atoms with van der Waals surface area (Å²) < 4.78 is 29.7. The van der Waals surface area contributed by atoms with Gasteiger partial charge in [0.1, 0.15) is 0 Å². The Hall–Kier alpha value is 0.160. The Morgan fingerprint density at radius 1 is 1.54 bits per heavy atom. The van der Waals surface area contributed by atoms with Crippen LogP contribution < -0.4 is 4.72 Å². The first-order valence-corrected chi connectivity index (χ1v) is 6.25. The largest absolute Gasteiger partial charge is 0.385 e. The second-order valence-corrected chi connectivity index (χ2v) is 5.02. The highest BCUT2D eigenvalue weighted by atomic mass is 35.5. The van der Waals surface area contributed by atoms with Crippen LogP contribution in [0.15, 0.2) is 0 Å². The van der Waals surface area contributed by atoms with Crippen LogP contribution in [0.1, 0.15) is 13.3 Å². The van der Waals surface area contributed by atoms with Gasteiger partial charge in [-0.2, -0.15) is 0 Å². The topological polar surface area (TPSA) is 55.4 Å². The summed E-state index contributed by atoms with van der Waals surface area (Å²) in [5.74, 6) is 0.367. The van der Waals surface area contributed by atoms with Gasteiger partial charge >= 0.3 is 0 Å². The number of halogens is 1. The Labute approximate surface area is 84.7 Å². The van der Waals surface area contributed by atoms with Gasteiger partial charge in [-0.25, -0.2) is 13.1 Å². The standard InChI is InChI=1S/C7H16ClNO3S/c1-7(6-8)9-13(10,11)5-3-4-12-2/h7,9H,3-6H2,1-2H3. The molecule has 0 aromatic rings. The van der Waals surface area contributed by atoms with Crippen LogP contribution in [-0.2, 0) is 14.8 Å². The highest BCUT2D eigenvalue weighted by Crippen LogP contribution is 1.94. The molecule has 1 N–H and O–H groups in total. The van der Waals surface area contributed by atoms with Crippen molar-refractivity contribution in [3.63, 3.8) is 0 Å². The second kappa shape index (κ2) is 6.59. The molecular weight excluding hydrogens is 214 g/mol. The van der Waals surface area contributed by atoms with Crippen molar-refractivity contribution in [3.05, 3.63) is 0 Å². The number of alkyl halides is 1. The third-order valence-electron chi connectivity index (χ3n) is 1.37. The van der Waals surface area contributed by atoms with Gasteiger partial charge in [0.25, 0.3) is 0 Å². The summed E-state index contributed by atoms with van der Waals surface area (Å²) >= 11 is 5.47. The Morgan fingerprint density at radius 2 is 2.15 bits per heavy atom. The zero-order valence-corrected chi connectivity index (χ0v) is 9.49. The molecule has 0 rings (SSSR count). The lowest BCUT2D eigenvalue weighted by atomic mass is 10.4. The van der Waals surface area contributed by atoms with Crippen LogP contribution in [0.5, 0.6) is 0 Å². The van der Waals surface area contributed by atoms with Crippen LogP contribution in [0.4, 0.5) is 0 Å². The number of ether oxygens (including phenoxy) is 1. The van der Waals surface area contributed by atoms with E-state index in [1.54, 1.807) is 14.0 Å². The van der Waals surface area contributed by atoms with E-state index in [2.05, 4.69) is 4.72 Å². The van der Waals surface area contributed by atoms with Crippen molar-refractivity contribution >= 4 is 21.6 Å². The van der Waals surface area contributed by atoms with Crippen LogP contribution >= 0.6 is 11.6 Å². The first-order valence-electron chi connectivity index (χ1n) is 4.06. The fourth-order valence-electron chi connectivity index (χ4n) is 0.790. The molecule has 0 amide bonds. The van der Waals surface area contributed by atoms with E-state index in [-0.39, 0.29) is 17.7 Å². The molecule has 0 saturated heterocycles. The summed E-state index contributed by atoms with van der Waals surface area (Å²) in [4.78, 5) is 0. The van der Waals surface area contributed by atoms with Crippen molar-refractivity contribution in [1.82, 2.24) is 4.72 Å². The Bertz CT molecular complexity index is 218. The van der Waals surface area contributed by atoms with E-state index >= 15 is 0 Å². The lowest BCUT2D eigenvalue weighted by molar-refractivity contribution is 0.199. The summed E-state index contributed by atoms with van der Waals surface area (Å²) in [6.07, 6.45) is 0.501. The highest BCUT2D eigenvalue weighted by molar-refractivity contribution is 7.89. The predicted molar refractivity (Wildman–Crippen MR) is 53.6 cm³/mol. The van der Waals surface area contributed by atoms with E-state index in [1.807, 2.05) is 0 Å². The number of nitrogens with one attached hydrogen (secondary N) is 1. The van der Waals surface area contributed by atoms with Gasteiger partial charge in [0.2, 0.25) is 10.0 Å². The molecule has 0 heterocycles. The van der Waals surface area contributed by atoms with Gasteiger partial charge in [0.05, 0.1) is 5.75 Å². The summed E-state index contributed by atoms with van der Waals surface area (Å²) in [6.45, 7) is 2.18. The van der Waals surface area contributed by atoms with Crippen molar-refractivity contribution in [2.24, 2.45) is 0 Å². The molecule has 0 aliphatic heterocycles. The molecule has 13 heavy (non-hydrogen) atoms. The lowest BCUT2D eigenvalue weighted by Crippen LogP contribution is -2.35. The minimum atomic E-state index is -3.18. The van der Waals surface area contributed by atoms with Gasteiger partial charge in [0, 0.05) is 25.6 Å². The van der Waals surface area contributed by atoms with Crippen molar-refractivity contribution in [1.29, 1.82) is 0 Å². The van der Waals surface area contributed by atoms with Gasteiger partial charge in [0.15, 0.2) is 0 Å². The maximum absolute atomic E-state index is 11.2. The number of sulfonamides is 1. The average molecular weight is 230 g/mol. The van der Waals surface area contributed by atoms with Crippen LogP contribution in [0, 0.1) is 0 Å². The van der Waals surface area contributed by atoms with Gasteiger partial charge < -0.3 is 4.74 Å². The maximum atomic E-state index is 11.2. The molecule has 6 heteroatoms. The zero-order chi connectivity index (χ0) is 10.3. The molecule has 4 nitrogen and oxygen atoms in total. The van der Waals surface area contributed by atoms with E-state index in [0.29, 0.717) is 13.0 Å². The van der Waals surface area contributed by atoms with Gasteiger partial charge in [-0.3, -0.25) is 0 Å². The van der Waals surface area contributed by atoms with Crippen molar-refractivity contribution in [3.8, 4) is 0 Å². The fraction of sp³-hybridized carbons (Fsp3) is 1.00.